The molecule has 0 unspecified atom stereocenters. The van der Waals surface area contributed by atoms with Gasteiger partial charge in [0.15, 0.2) is 0 Å². The van der Waals surface area contributed by atoms with Crippen LogP contribution in [0.2, 0.25) is 0 Å². The van der Waals surface area contributed by atoms with Crippen LogP contribution in [-0.4, -0.2) is 21.5 Å². The Labute approximate surface area is 86.7 Å². The van der Waals surface area contributed by atoms with Gasteiger partial charge in [-0.05, 0) is 0 Å². The van der Waals surface area contributed by atoms with Gasteiger partial charge in [0, 0.05) is 9.93 Å². The molecule has 14 heteroatoms. The Bertz CT molecular complexity index is 96.2. The van der Waals surface area contributed by atoms with E-state index in [0.29, 0.717) is 0 Å². The molecule has 6 nitrogen and oxygen atoms in total. The maximum atomic E-state index is 9.88. The third kappa shape index (κ3) is 7440. The van der Waals surface area contributed by atoms with Crippen molar-refractivity contribution in [2.75, 3.05) is 0 Å². The molecule has 0 atom stereocenters. The van der Waals surface area contributed by atoms with Gasteiger partial charge in [0.25, 0.3) is 0 Å². The molecule has 0 aliphatic heterocycles. The number of hydrogen-bond donors (Lipinski definition) is 2. The van der Waals surface area contributed by atoms with Crippen molar-refractivity contribution in [2.24, 2.45) is 0 Å². The number of hydrogen-bond acceptors (Lipinski definition) is 4. The van der Waals surface area contributed by atoms with Crippen molar-refractivity contribution in [3.8, 4) is 0 Å². The molecule has 0 amide bonds. The Morgan fingerprint density at radius 1 is 0.688 bits per heavy atom. The molecule has 6 N–H and O–H groups in total. The van der Waals surface area contributed by atoms with Crippen molar-refractivity contribution in [3.63, 3.8) is 0 Å². The fourth-order valence-corrected chi connectivity index (χ4v) is 0. The second-order valence-electron chi connectivity index (χ2n) is 0.758. The zero-order valence-corrected chi connectivity index (χ0v) is 6.84. The molecule has 0 aromatic heterocycles. The van der Waals surface area contributed by atoms with E-state index in [9.17, 15) is 21.3 Å². The van der Waals surface area contributed by atoms with Crippen LogP contribution in [0, 0.1) is 9.93 Å². The first-order chi connectivity index (χ1) is 4.45. The van der Waals surface area contributed by atoms with Crippen molar-refractivity contribution in [3.05, 3.63) is 9.93 Å². The minimum atomic E-state index is -10.8. The summed E-state index contributed by atoms with van der Waals surface area (Å²) in [5.74, 6) is 0. The quantitative estimate of drug-likeness (QED) is 0.306. The summed E-state index contributed by atoms with van der Waals surface area (Å²) < 4.78 is 59.2. The summed E-state index contributed by atoms with van der Waals surface area (Å²) in [7, 11) is 0. The van der Waals surface area contributed by atoms with Crippen LogP contribution in [-0.2, 0) is 13.5 Å². The first-order valence-electron chi connectivity index (χ1n) is 1.17. The van der Waals surface area contributed by atoms with E-state index in [1.54, 1.807) is 0 Å². The average molecular weight is 324 g/mol. The summed E-state index contributed by atoms with van der Waals surface area (Å²) in [6.07, 6.45) is 0. The molecule has 0 saturated heterocycles. The standard InChI is InChI=1S/2CH4.7FH.Fe.H2O2.O2.2H2O/c;;;;;;;;;;2*1-2;;/h2*1H4;7*1H;;1-2H;;2*1H2/q;;;;;;;;;+6;;;;/p-6. The van der Waals surface area contributed by atoms with Crippen molar-refractivity contribution in [1.29, 1.82) is 0 Å². The van der Waals surface area contributed by atoms with E-state index in [1.165, 1.54) is 0 Å². The zero-order chi connectivity index (χ0) is 10.4. The molecule has 116 valence electrons. The van der Waals surface area contributed by atoms with Crippen LogP contribution in [0.4, 0.5) is 26.0 Å². The summed E-state index contributed by atoms with van der Waals surface area (Å²) >= 11 is -10.8. The summed E-state index contributed by atoms with van der Waals surface area (Å²) in [4.78, 5) is 14.0. The number of rotatable bonds is 0. The molecule has 0 rings (SSSR count). The first kappa shape index (κ1) is 58.0. The second-order valence-corrected chi connectivity index (χ2v) is 3.12. The van der Waals surface area contributed by atoms with Gasteiger partial charge < -0.3 is 11.0 Å². The van der Waals surface area contributed by atoms with Crippen LogP contribution in [0.5, 0.6) is 0 Å². The van der Waals surface area contributed by atoms with Crippen LogP contribution in [0.3, 0.4) is 0 Å². The molecule has 0 heterocycles. The topological polar surface area (TPSA) is 138 Å². The third-order valence-corrected chi connectivity index (χ3v) is 0. The molecule has 0 bridgehead atoms. The molecule has 0 aromatic rings. The Kier molecular flexibility index (Phi) is 45.5. The monoisotopic (exact) mass is 324 g/mol. The van der Waals surface area contributed by atoms with E-state index < -0.39 is 13.5 Å². The average Bonchev–Trinajstić information content (AvgIpc) is 1.68. The Hall–Kier alpha value is -0.531. The number of halogens is 7. The van der Waals surface area contributed by atoms with Gasteiger partial charge in [0.05, 0.1) is 0 Å². The fraction of sp³-hybridized carbons (Fsp3) is 1.00. The maximum absolute atomic E-state index is 10.8. The van der Waals surface area contributed by atoms with Crippen LogP contribution < -0.4 is 0 Å². The summed E-state index contributed by atoms with van der Waals surface area (Å²) in [6.45, 7) is 0. The molecule has 0 fully saturated rings. The van der Waals surface area contributed by atoms with E-state index in [-0.39, 0.29) is 30.5 Å². The Morgan fingerprint density at radius 3 is 0.688 bits per heavy atom. The van der Waals surface area contributed by atoms with Crippen molar-refractivity contribution >= 4 is 0 Å². The van der Waals surface area contributed by atoms with Gasteiger partial charge in [-0.15, -0.1) is 0 Å². The van der Waals surface area contributed by atoms with Crippen molar-refractivity contribution in [1.82, 2.24) is 0 Å². The van der Waals surface area contributed by atoms with E-state index in [4.69, 9.17) is 20.4 Å². The minimum absolute atomic E-state index is 0. The van der Waals surface area contributed by atoms with Gasteiger partial charge >= 0.3 is 34.8 Å². The van der Waals surface area contributed by atoms with Crippen LogP contribution in [0.1, 0.15) is 14.9 Å². The van der Waals surface area contributed by atoms with E-state index in [1.807, 2.05) is 0 Å². The zero-order valence-electron chi connectivity index (χ0n) is 5.74. The van der Waals surface area contributed by atoms with Gasteiger partial charge in [-0.2, -0.15) is 0 Å². The molecular formula is C2H15F7FeO6. The molecule has 0 saturated carbocycles. The fourth-order valence-electron chi connectivity index (χ4n) is 0. The Balaban J connectivity index is -0.0000000108. The van der Waals surface area contributed by atoms with Crippen LogP contribution in [0.15, 0.2) is 0 Å². The van der Waals surface area contributed by atoms with E-state index in [0.717, 1.165) is 0 Å². The predicted octanol–water partition coefficient (Wildman–Crippen LogP) is 2.38. The molecule has 0 aromatic carbocycles. The second kappa shape index (κ2) is 12.5. The molecule has 0 radical (unpaired) electrons. The summed E-state index contributed by atoms with van der Waals surface area (Å²) in [6, 6.07) is 0. The van der Waals surface area contributed by atoms with Gasteiger partial charge in [0.2, 0.25) is 0 Å². The van der Waals surface area contributed by atoms with Gasteiger partial charge in [-0.25, -0.2) is 0 Å². The predicted molar refractivity (Wildman–Crippen MR) is 41.8 cm³/mol. The molecule has 0 spiro atoms. The van der Waals surface area contributed by atoms with Crippen molar-refractivity contribution in [2.45, 2.75) is 14.9 Å². The SMILES string of the molecule is C.C.F.O.O.O=O.OO.[F][Fe]([F])([F])([F])([F])[F]. The van der Waals surface area contributed by atoms with E-state index >= 15 is 0 Å². The van der Waals surface area contributed by atoms with Gasteiger partial charge in [-0.3, -0.25) is 15.2 Å². The van der Waals surface area contributed by atoms with E-state index in [2.05, 4.69) is 0 Å². The van der Waals surface area contributed by atoms with Gasteiger partial charge in [-0.1, -0.05) is 14.9 Å². The molecule has 16 heavy (non-hydrogen) atoms. The normalized spacial score (nSPS) is 10.8. The first-order valence-corrected chi connectivity index (χ1v) is 3.67. The molecule has 0 aliphatic carbocycles. The van der Waals surface area contributed by atoms with Crippen LogP contribution in [0.25, 0.3) is 0 Å². The Morgan fingerprint density at radius 2 is 0.688 bits per heavy atom. The summed E-state index contributed by atoms with van der Waals surface area (Å²) in [5, 5.41) is 12.0. The van der Waals surface area contributed by atoms with Gasteiger partial charge in [0.1, 0.15) is 0 Å². The molecule has 0 aliphatic rings. The van der Waals surface area contributed by atoms with Crippen LogP contribution >= 0.6 is 0 Å². The third-order valence-electron chi connectivity index (χ3n) is 0. The summed E-state index contributed by atoms with van der Waals surface area (Å²) in [5.41, 5.74) is 0. The van der Waals surface area contributed by atoms with Crippen molar-refractivity contribution < 1.29 is 60.9 Å². The molecular weight excluding hydrogens is 309 g/mol.